The van der Waals surface area contributed by atoms with Crippen molar-refractivity contribution in [1.29, 1.82) is 0 Å². The van der Waals surface area contributed by atoms with E-state index in [0.29, 0.717) is 16.9 Å². The molecule has 2 N–H and O–H groups in total. The van der Waals surface area contributed by atoms with Gasteiger partial charge in [-0.2, -0.15) is 0 Å². The van der Waals surface area contributed by atoms with E-state index in [-0.39, 0.29) is 18.9 Å². The maximum Gasteiger partial charge on any atom is 0.348 e. The second-order valence-electron chi connectivity index (χ2n) is 5.79. The Bertz CT molecular complexity index is 738. The van der Waals surface area contributed by atoms with E-state index in [4.69, 9.17) is 9.47 Å². The molecule has 0 saturated heterocycles. The van der Waals surface area contributed by atoms with Crippen LogP contribution in [0.5, 0.6) is 0 Å². The fraction of sp³-hybridized carbons (Fsp3) is 0.500. The third-order valence-corrected chi connectivity index (χ3v) is 5.17. The van der Waals surface area contributed by atoms with Gasteiger partial charge in [-0.1, -0.05) is 13.8 Å². The van der Waals surface area contributed by atoms with Crippen LogP contribution in [0.25, 0.3) is 0 Å². The Hall–Kier alpha value is -2.35. The number of amides is 2. The molecule has 1 aliphatic rings. The molecule has 1 aliphatic heterocycles. The van der Waals surface area contributed by atoms with Crippen molar-refractivity contribution >= 4 is 29.3 Å². The number of carbonyl (C=O) groups excluding carboxylic acids is 3. The SMILES string of the molecule is CCOC(=O)C1=C(COC(=O)c2cc(CC)c(C)s2)NC(=O)N[C@@H]1CC. The largest absolute Gasteiger partial charge is 0.463 e. The third-order valence-electron chi connectivity index (χ3n) is 4.10. The van der Waals surface area contributed by atoms with Gasteiger partial charge >= 0.3 is 18.0 Å². The minimum absolute atomic E-state index is 0.199. The number of hydrogen-bond donors (Lipinski definition) is 2. The van der Waals surface area contributed by atoms with E-state index in [9.17, 15) is 14.4 Å². The second kappa shape index (κ2) is 8.84. The maximum atomic E-state index is 12.3. The number of esters is 2. The van der Waals surface area contributed by atoms with Crippen LogP contribution in [0.15, 0.2) is 17.3 Å². The molecule has 0 spiro atoms. The molecular formula is C18H24N2O5S. The molecule has 0 aromatic carbocycles. The molecule has 0 bridgehead atoms. The Kier molecular flexibility index (Phi) is 6.79. The molecule has 8 heteroatoms. The van der Waals surface area contributed by atoms with E-state index in [2.05, 4.69) is 10.6 Å². The van der Waals surface area contributed by atoms with Crippen molar-refractivity contribution in [2.45, 2.75) is 46.6 Å². The van der Waals surface area contributed by atoms with Crippen LogP contribution in [0.2, 0.25) is 0 Å². The Morgan fingerprint density at radius 3 is 2.50 bits per heavy atom. The van der Waals surface area contributed by atoms with Gasteiger partial charge in [-0.25, -0.2) is 14.4 Å². The summed E-state index contributed by atoms with van der Waals surface area (Å²) in [6.07, 6.45) is 1.36. The average molecular weight is 380 g/mol. The summed E-state index contributed by atoms with van der Waals surface area (Å²) in [5, 5.41) is 5.24. The van der Waals surface area contributed by atoms with Gasteiger partial charge in [-0.15, -0.1) is 11.3 Å². The van der Waals surface area contributed by atoms with Gasteiger partial charge in [0.15, 0.2) is 0 Å². The molecule has 0 saturated carbocycles. The zero-order valence-electron chi connectivity index (χ0n) is 15.4. The Balaban J connectivity index is 2.20. The molecule has 1 atom stereocenters. The van der Waals surface area contributed by atoms with Gasteiger partial charge in [0.25, 0.3) is 0 Å². The zero-order valence-corrected chi connectivity index (χ0v) is 16.2. The number of aryl methyl sites for hydroxylation is 2. The smallest absolute Gasteiger partial charge is 0.348 e. The molecule has 0 radical (unpaired) electrons. The molecule has 142 valence electrons. The minimum atomic E-state index is -0.530. The van der Waals surface area contributed by atoms with Crippen molar-refractivity contribution in [3.05, 3.63) is 32.7 Å². The highest BCUT2D eigenvalue weighted by atomic mass is 32.1. The van der Waals surface area contributed by atoms with E-state index in [1.54, 1.807) is 6.92 Å². The molecule has 2 rings (SSSR count). The highest BCUT2D eigenvalue weighted by Gasteiger charge is 2.32. The first-order valence-corrected chi connectivity index (χ1v) is 9.46. The summed E-state index contributed by atoms with van der Waals surface area (Å²) in [6.45, 7) is 7.55. The van der Waals surface area contributed by atoms with Crippen molar-refractivity contribution in [3.8, 4) is 0 Å². The van der Waals surface area contributed by atoms with Crippen LogP contribution in [0, 0.1) is 6.92 Å². The predicted molar refractivity (Wildman–Crippen MR) is 98.1 cm³/mol. The van der Waals surface area contributed by atoms with Gasteiger partial charge in [0.1, 0.15) is 11.5 Å². The quantitative estimate of drug-likeness (QED) is 0.710. The lowest BCUT2D eigenvalue weighted by molar-refractivity contribution is -0.139. The first-order chi connectivity index (χ1) is 12.4. The Morgan fingerprint density at radius 1 is 1.19 bits per heavy atom. The summed E-state index contributed by atoms with van der Waals surface area (Å²) in [6, 6.07) is 0.905. The number of rotatable bonds is 7. The van der Waals surface area contributed by atoms with Crippen molar-refractivity contribution in [2.75, 3.05) is 13.2 Å². The summed E-state index contributed by atoms with van der Waals surface area (Å²) in [5.41, 5.74) is 1.66. The van der Waals surface area contributed by atoms with Gasteiger partial charge in [0.05, 0.1) is 23.9 Å². The van der Waals surface area contributed by atoms with Crippen LogP contribution in [-0.4, -0.2) is 37.2 Å². The van der Waals surface area contributed by atoms with Crippen molar-refractivity contribution in [2.24, 2.45) is 0 Å². The van der Waals surface area contributed by atoms with Gasteiger partial charge in [-0.05, 0) is 38.3 Å². The number of ether oxygens (including phenoxy) is 2. The van der Waals surface area contributed by atoms with E-state index in [0.717, 1.165) is 16.9 Å². The Morgan fingerprint density at radius 2 is 1.92 bits per heavy atom. The van der Waals surface area contributed by atoms with Crippen molar-refractivity contribution < 1.29 is 23.9 Å². The molecule has 1 aromatic heterocycles. The molecule has 7 nitrogen and oxygen atoms in total. The van der Waals surface area contributed by atoms with Crippen LogP contribution in [-0.2, 0) is 20.7 Å². The number of hydrogen-bond acceptors (Lipinski definition) is 6. The fourth-order valence-electron chi connectivity index (χ4n) is 2.76. The van der Waals surface area contributed by atoms with Gasteiger partial charge < -0.3 is 20.1 Å². The van der Waals surface area contributed by atoms with Gasteiger partial charge in [0.2, 0.25) is 0 Å². The second-order valence-corrected chi connectivity index (χ2v) is 7.05. The summed E-state index contributed by atoms with van der Waals surface area (Å²) in [4.78, 5) is 38.0. The number of urea groups is 1. The first-order valence-electron chi connectivity index (χ1n) is 8.65. The first kappa shape index (κ1) is 20.0. The topological polar surface area (TPSA) is 93.7 Å². The third kappa shape index (κ3) is 4.43. The highest BCUT2D eigenvalue weighted by molar-refractivity contribution is 7.14. The van der Waals surface area contributed by atoms with Gasteiger partial charge in [0, 0.05) is 4.88 Å². The van der Waals surface area contributed by atoms with Crippen LogP contribution in [0.1, 0.15) is 47.3 Å². The van der Waals surface area contributed by atoms with E-state index < -0.39 is 24.0 Å². The van der Waals surface area contributed by atoms with Crippen molar-refractivity contribution in [1.82, 2.24) is 10.6 Å². The lowest BCUT2D eigenvalue weighted by Crippen LogP contribution is -2.51. The summed E-state index contributed by atoms with van der Waals surface area (Å²) in [7, 11) is 0. The van der Waals surface area contributed by atoms with Crippen LogP contribution >= 0.6 is 11.3 Å². The average Bonchev–Trinajstić information content (AvgIpc) is 3.00. The zero-order chi connectivity index (χ0) is 19.3. The van der Waals surface area contributed by atoms with E-state index in [1.807, 2.05) is 26.8 Å². The monoisotopic (exact) mass is 380 g/mol. The van der Waals surface area contributed by atoms with Crippen LogP contribution in [0.4, 0.5) is 4.79 Å². The molecule has 0 fully saturated rings. The van der Waals surface area contributed by atoms with E-state index in [1.165, 1.54) is 11.3 Å². The molecule has 2 amide bonds. The lowest BCUT2D eigenvalue weighted by atomic mass is 10.0. The molecule has 2 heterocycles. The molecule has 0 aliphatic carbocycles. The summed E-state index contributed by atoms with van der Waals surface area (Å²) >= 11 is 1.37. The maximum absolute atomic E-state index is 12.3. The Labute approximate surface area is 156 Å². The lowest BCUT2D eigenvalue weighted by Gasteiger charge is -2.28. The van der Waals surface area contributed by atoms with Gasteiger partial charge in [-0.3, -0.25) is 0 Å². The fourth-order valence-corrected chi connectivity index (χ4v) is 3.76. The molecule has 0 unspecified atom stereocenters. The number of nitrogens with one attached hydrogen (secondary N) is 2. The predicted octanol–water partition coefficient (Wildman–Crippen LogP) is 2.68. The van der Waals surface area contributed by atoms with Crippen molar-refractivity contribution in [3.63, 3.8) is 0 Å². The number of thiophene rings is 1. The normalized spacial score (nSPS) is 16.8. The molecule has 1 aromatic rings. The van der Waals surface area contributed by atoms with Crippen LogP contribution in [0.3, 0.4) is 0 Å². The highest BCUT2D eigenvalue weighted by Crippen LogP contribution is 2.23. The number of carbonyl (C=O) groups is 3. The summed E-state index contributed by atoms with van der Waals surface area (Å²) in [5.74, 6) is -1.01. The van der Waals surface area contributed by atoms with E-state index >= 15 is 0 Å². The standard InChI is InChI=1S/C18H24N2O5S/c1-5-11-8-14(26-10(11)4)16(21)25-9-13-15(17(22)24-7-3)12(6-2)19-18(23)20-13/h8,12H,5-7,9H2,1-4H3,(H2,19,20,23)/t12-/m1/s1. The molecular weight excluding hydrogens is 356 g/mol. The van der Waals surface area contributed by atoms with Crippen LogP contribution < -0.4 is 10.6 Å². The minimum Gasteiger partial charge on any atom is -0.463 e. The molecule has 26 heavy (non-hydrogen) atoms. The summed E-state index contributed by atoms with van der Waals surface area (Å²) < 4.78 is 10.4.